The second-order valence-electron chi connectivity index (χ2n) is 7.68. The summed E-state index contributed by atoms with van der Waals surface area (Å²) in [5.41, 5.74) is 4.41. The van der Waals surface area contributed by atoms with Crippen LogP contribution in [0, 0.1) is 18.8 Å². The summed E-state index contributed by atoms with van der Waals surface area (Å²) in [6.45, 7) is 13.0. The van der Waals surface area contributed by atoms with Gasteiger partial charge in [0.25, 0.3) is 0 Å². The van der Waals surface area contributed by atoms with Crippen molar-refractivity contribution in [3.63, 3.8) is 0 Å². The third kappa shape index (κ3) is 3.46. The van der Waals surface area contributed by atoms with Crippen LogP contribution in [0.5, 0.6) is 0 Å². The molecule has 1 N–H and O–H groups in total. The molecule has 3 rings (SSSR count). The first-order valence-electron chi connectivity index (χ1n) is 9.51. The normalized spacial score (nSPS) is 18.3. The number of H-pyrrole nitrogens is 1. The summed E-state index contributed by atoms with van der Waals surface area (Å²) >= 11 is 0. The van der Waals surface area contributed by atoms with Crippen molar-refractivity contribution in [3.05, 3.63) is 47.9 Å². The highest BCUT2D eigenvalue weighted by molar-refractivity contribution is 5.79. The van der Waals surface area contributed by atoms with E-state index in [1.54, 1.807) is 0 Å². The summed E-state index contributed by atoms with van der Waals surface area (Å²) in [7, 11) is 0. The van der Waals surface area contributed by atoms with Gasteiger partial charge >= 0.3 is 0 Å². The summed E-state index contributed by atoms with van der Waals surface area (Å²) < 4.78 is 0. The van der Waals surface area contributed by atoms with Crippen LogP contribution >= 0.6 is 0 Å². The molecule has 1 aliphatic heterocycles. The molecule has 1 aromatic heterocycles. The molecule has 1 fully saturated rings. The number of likely N-dealkylation sites (tertiary alicyclic amines) is 1. The molecule has 0 bridgehead atoms. The maximum atomic E-state index is 12.8. The number of amides is 1. The van der Waals surface area contributed by atoms with Crippen molar-refractivity contribution in [2.45, 2.75) is 46.6 Å². The number of aryl methyl sites for hydroxylation is 1. The van der Waals surface area contributed by atoms with Crippen LogP contribution in [0.3, 0.4) is 0 Å². The number of carbonyl (C=O) groups excluding carboxylic acids is 1. The molecule has 2 heterocycles. The molecule has 1 aromatic carbocycles. The van der Waals surface area contributed by atoms with Crippen molar-refractivity contribution in [1.29, 1.82) is 0 Å². The second-order valence-corrected chi connectivity index (χ2v) is 7.68. The van der Waals surface area contributed by atoms with E-state index in [0.29, 0.717) is 5.92 Å². The Bertz CT molecular complexity index is 805. The molecule has 0 saturated carbocycles. The Balaban J connectivity index is 1.85. The number of carbonyl (C=O) groups is 1. The van der Waals surface area contributed by atoms with Crippen LogP contribution in [0.25, 0.3) is 17.3 Å². The van der Waals surface area contributed by atoms with Crippen LogP contribution in [0.15, 0.2) is 31.0 Å². The summed E-state index contributed by atoms with van der Waals surface area (Å²) in [5.74, 6) is 1.52. The predicted molar refractivity (Wildman–Crippen MR) is 107 cm³/mol. The molecule has 2 atom stereocenters. The predicted octanol–water partition coefficient (Wildman–Crippen LogP) is 4.98. The first-order chi connectivity index (χ1) is 12.4. The monoisotopic (exact) mass is 351 g/mol. The van der Waals surface area contributed by atoms with Crippen LogP contribution in [0.2, 0.25) is 0 Å². The summed E-state index contributed by atoms with van der Waals surface area (Å²) in [6, 6.07) is 6.38. The van der Waals surface area contributed by atoms with E-state index in [2.05, 4.69) is 55.5 Å². The first kappa shape index (κ1) is 18.4. The fraction of sp³-hybridized carbons (Fsp3) is 0.455. The summed E-state index contributed by atoms with van der Waals surface area (Å²) in [4.78, 5) is 22.9. The van der Waals surface area contributed by atoms with E-state index in [1.807, 2.05) is 24.1 Å². The van der Waals surface area contributed by atoms with E-state index in [0.717, 1.165) is 42.0 Å². The van der Waals surface area contributed by atoms with E-state index in [-0.39, 0.29) is 17.9 Å². The van der Waals surface area contributed by atoms with Gasteiger partial charge in [0.1, 0.15) is 5.82 Å². The Morgan fingerprint density at radius 2 is 2.15 bits per heavy atom. The van der Waals surface area contributed by atoms with Gasteiger partial charge in [-0.2, -0.15) is 0 Å². The van der Waals surface area contributed by atoms with Crippen LogP contribution in [-0.4, -0.2) is 27.3 Å². The average Bonchev–Trinajstić information content (AvgIpc) is 3.29. The molecule has 1 aliphatic rings. The lowest BCUT2D eigenvalue weighted by atomic mass is 9.96. The number of imidazole rings is 1. The highest BCUT2D eigenvalue weighted by Gasteiger charge is 2.34. The molecule has 0 unspecified atom stereocenters. The van der Waals surface area contributed by atoms with Gasteiger partial charge < -0.3 is 9.88 Å². The van der Waals surface area contributed by atoms with Crippen LogP contribution in [-0.2, 0) is 4.79 Å². The van der Waals surface area contributed by atoms with Gasteiger partial charge in [-0.15, -0.1) is 0 Å². The van der Waals surface area contributed by atoms with Gasteiger partial charge in [0.05, 0.1) is 17.9 Å². The first-order valence-corrected chi connectivity index (χ1v) is 9.51. The molecular formula is C22H29N3O. The zero-order valence-electron chi connectivity index (χ0n) is 16.2. The molecule has 2 aromatic rings. The SMILES string of the molecule is C=Cc1cc(-c2cnc([C@@H]3CCCN3C(=O)[C@@H](C)C(C)C)[nH]2)ccc1C. The number of aromatic nitrogens is 2. The summed E-state index contributed by atoms with van der Waals surface area (Å²) in [5, 5.41) is 0. The number of hydrogen-bond donors (Lipinski definition) is 1. The minimum absolute atomic E-state index is 0.0391. The van der Waals surface area contributed by atoms with Gasteiger partial charge in [0.2, 0.25) is 5.91 Å². The number of hydrogen-bond acceptors (Lipinski definition) is 2. The Labute approximate surface area is 156 Å². The zero-order chi connectivity index (χ0) is 18.8. The number of benzene rings is 1. The fourth-order valence-corrected chi connectivity index (χ4v) is 3.54. The third-order valence-electron chi connectivity index (χ3n) is 5.65. The molecule has 1 saturated heterocycles. The Kier molecular flexibility index (Phi) is 5.30. The number of nitrogens with one attached hydrogen (secondary N) is 1. The van der Waals surface area contributed by atoms with Crippen molar-refractivity contribution in [3.8, 4) is 11.3 Å². The lowest BCUT2D eigenvalue weighted by molar-refractivity contribution is -0.137. The molecular weight excluding hydrogens is 322 g/mol. The van der Waals surface area contributed by atoms with E-state index in [1.165, 1.54) is 5.56 Å². The Morgan fingerprint density at radius 3 is 2.85 bits per heavy atom. The van der Waals surface area contributed by atoms with Crippen molar-refractivity contribution in [2.24, 2.45) is 11.8 Å². The van der Waals surface area contributed by atoms with Crippen molar-refractivity contribution >= 4 is 12.0 Å². The number of aromatic amines is 1. The maximum absolute atomic E-state index is 12.8. The summed E-state index contributed by atoms with van der Waals surface area (Å²) in [6.07, 6.45) is 5.75. The van der Waals surface area contributed by atoms with E-state index < -0.39 is 0 Å². The van der Waals surface area contributed by atoms with Gasteiger partial charge in [-0.3, -0.25) is 4.79 Å². The molecule has 4 heteroatoms. The zero-order valence-corrected chi connectivity index (χ0v) is 16.2. The van der Waals surface area contributed by atoms with Crippen LogP contribution in [0.4, 0.5) is 0 Å². The topological polar surface area (TPSA) is 49.0 Å². The van der Waals surface area contributed by atoms with Crippen molar-refractivity contribution < 1.29 is 4.79 Å². The Hall–Kier alpha value is -2.36. The van der Waals surface area contributed by atoms with Gasteiger partial charge in [-0.05, 0) is 42.9 Å². The fourth-order valence-electron chi connectivity index (χ4n) is 3.54. The molecule has 4 nitrogen and oxygen atoms in total. The lowest BCUT2D eigenvalue weighted by Gasteiger charge is -2.27. The highest BCUT2D eigenvalue weighted by atomic mass is 16.2. The van der Waals surface area contributed by atoms with E-state index in [9.17, 15) is 4.79 Å². The van der Waals surface area contributed by atoms with Crippen molar-refractivity contribution in [2.75, 3.05) is 6.54 Å². The molecule has 0 spiro atoms. The van der Waals surface area contributed by atoms with Gasteiger partial charge in [-0.25, -0.2) is 4.98 Å². The maximum Gasteiger partial charge on any atom is 0.226 e. The van der Waals surface area contributed by atoms with E-state index >= 15 is 0 Å². The van der Waals surface area contributed by atoms with Crippen LogP contribution < -0.4 is 0 Å². The molecule has 138 valence electrons. The minimum Gasteiger partial charge on any atom is -0.340 e. The highest BCUT2D eigenvalue weighted by Crippen LogP contribution is 2.33. The number of rotatable bonds is 5. The quantitative estimate of drug-likeness (QED) is 0.825. The smallest absolute Gasteiger partial charge is 0.226 e. The number of nitrogens with zero attached hydrogens (tertiary/aromatic N) is 2. The molecule has 0 aliphatic carbocycles. The largest absolute Gasteiger partial charge is 0.340 e. The molecule has 26 heavy (non-hydrogen) atoms. The third-order valence-corrected chi connectivity index (χ3v) is 5.65. The van der Waals surface area contributed by atoms with E-state index in [4.69, 9.17) is 0 Å². The van der Waals surface area contributed by atoms with Crippen molar-refractivity contribution in [1.82, 2.24) is 14.9 Å². The molecule has 0 radical (unpaired) electrons. The van der Waals surface area contributed by atoms with Crippen LogP contribution in [0.1, 0.15) is 56.6 Å². The van der Waals surface area contributed by atoms with Gasteiger partial charge in [0.15, 0.2) is 0 Å². The van der Waals surface area contributed by atoms with Gasteiger partial charge in [-0.1, -0.05) is 45.6 Å². The second kappa shape index (κ2) is 7.48. The average molecular weight is 351 g/mol. The molecule has 1 amide bonds. The van der Waals surface area contributed by atoms with Gasteiger partial charge in [0, 0.05) is 18.0 Å². The lowest BCUT2D eigenvalue weighted by Crippen LogP contribution is -2.36. The Morgan fingerprint density at radius 1 is 1.38 bits per heavy atom. The minimum atomic E-state index is 0.0391. The standard InChI is InChI=1S/C22H29N3O/c1-6-17-12-18(10-9-15(17)4)19-13-23-21(24-19)20-8-7-11-25(20)22(26)16(5)14(2)3/h6,9-10,12-14,16,20H,1,7-8,11H2,2-5H3,(H,23,24)/t16-,20-/m0/s1.